The van der Waals surface area contributed by atoms with Gasteiger partial charge in [0.1, 0.15) is 0 Å². The second-order valence-electron chi connectivity index (χ2n) is 6.84. The Balaban J connectivity index is 0.000000200. The molecule has 0 aliphatic rings. The van der Waals surface area contributed by atoms with E-state index in [-0.39, 0.29) is 5.48 Å². The Bertz CT molecular complexity index is 892. The van der Waals surface area contributed by atoms with Crippen molar-refractivity contribution in [3.8, 4) is 22.3 Å². The SMILES string of the molecule is CCc1cccc(-c2ccccc2)c1.CCc1cccc(-c2ccccc2)c1.O. The summed E-state index contributed by atoms with van der Waals surface area (Å²) in [6.07, 6.45) is 2.20. The smallest absolute Gasteiger partial charge is 0.0181 e. The van der Waals surface area contributed by atoms with Crippen LogP contribution in [0.2, 0.25) is 0 Å². The maximum atomic E-state index is 2.26. The van der Waals surface area contributed by atoms with E-state index in [1.807, 2.05) is 12.1 Å². The van der Waals surface area contributed by atoms with Crippen LogP contribution < -0.4 is 0 Å². The predicted molar refractivity (Wildman–Crippen MR) is 126 cm³/mol. The predicted octanol–water partition coefficient (Wildman–Crippen LogP) is 7.01. The fourth-order valence-electron chi connectivity index (χ4n) is 3.20. The van der Waals surface area contributed by atoms with Gasteiger partial charge in [0, 0.05) is 0 Å². The molecule has 2 N–H and O–H groups in total. The maximum absolute atomic E-state index is 2.26. The van der Waals surface area contributed by atoms with Crippen LogP contribution in [0.4, 0.5) is 0 Å². The third-order valence-electron chi connectivity index (χ3n) is 4.88. The standard InChI is InChI=1S/2C14H14.H2O/c2*1-2-12-7-6-10-14(11-12)13-8-4-3-5-9-13;/h2*3-11H,2H2,1H3;1H2. The molecule has 0 aromatic heterocycles. The highest BCUT2D eigenvalue weighted by Crippen LogP contribution is 2.20. The Kier molecular flexibility index (Phi) is 8.88. The van der Waals surface area contributed by atoms with Gasteiger partial charge in [-0.2, -0.15) is 0 Å². The minimum Gasteiger partial charge on any atom is -0.412 e. The number of benzene rings is 4. The van der Waals surface area contributed by atoms with Crippen molar-refractivity contribution in [1.82, 2.24) is 0 Å². The summed E-state index contributed by atoms with van der Waals surface area (Å²) >= 11 is 0. The zero-order chi connectivity index (χ0) is 19.6. The van der Waals surface area contributed by atoms with Crippen molar-refractivity contribution in [2.24, 2.45) is 0 Å². The van der Waals surface area contributed by atoms with Crippen LogP contribution in [0.15, 0.2) is 109 Å². The van der Waals surface area contributed by atoms with Gasteiger partial charge in [0.25, 0.3) is 0 Å². The van der Waals surface area contributed by atoms with Gasteiger partial charge in [0.2, 0.25) is 0 Å². The normalized spacial score (nSPS) is 9.72. The molecule has 0 bridgehead atoms. The molecule has 0 radical (unpaired) electrons. The van der Waals surface area contributed by atoms with Crippen molar-refractivity contribution >= 4 is 0 Å². The fraction of sp³-hybridized carbons (Fsp3) is 0.143. The number of rotatable bonds is 4. The van der Waals surface area contributed by atoms with Crippen LogP contribution in [0.25, 0.3) is 22.3 Å². The van der Waals surface area contributed by atoms with E-state index in [0.717, 1.165) is 12.8 Å². The van der Waals surface area contributed by atoms with Crippen molar-refractivity contribution in [3.05, 3.63) is 120 Å². The van der Waals surface area contributed by atoms with E-state index < -0.39 is 0 Å². The zero-order valence-corrected chi connectivity index (χ0v) is 17.3. The molecule has 0 fully saturated rings. The van der Waals surface area contributed by atoms with Crippen molar-refractivity contribution < 1.29 is 5.48 Å². The van der Waals surface area contributed by atoms with Crippen LogP contribution in [0.1, 0.15) is 25.0 Å². The lowest BCUT2D eigenvalue weighted by atomic mass is 10.0. The van der Waals surface area contributed by atoms with Gasteiger partial charge in [0.15, 0.2) is 0 Å². The molecule has 148 valence electrons. The van der Waals surface area contributed by atoms with E-state index >= 15 is 0 Å². The van der Waals surface area contributed by atoms with Crippen LogP contribution in [-0.2, 0) is 12.8 Å². The van der Waals surface area contributed by atoms with Crippen LogP contribution >= 0.6 is 0 Å². The van der Waals surface area contributed by atoms with E-state index in [9.17, 15) is 0 Å². The van der Waals surface area contributed by atoms with Gasteiger partial charge >= 0.3 is 0 Å². The molecule has 0 heterocycles. The van der Waals surface area contributed by atoms with E-state index in [2.05, 4.69) is 111 Å². The third kappa shape index (κ3) is 6.44. The molecule has 0 aliphatic heterocycles. The molecule has 0 saturated carbocycles. The summed E-state index contributed by atoms with van der Waals surface area (Å²) in [4.78, 5) is 0. The number of hydrogen-bond acceptors (Lipinski definition) is 0. The minimum atomic E-state index is 0. The molecule has 4 aromatic carbocycles. The van der Waals surface area contributed by atoms with Gasteiger partial charge in [-0.25, -0.2) is 0 Å². The van der Waals surface area contributed by atoms with Crippen molar-refractivity contribution in [1.29, 1.82) is 0 Å². The summed E-state index contributed by atoms with van der Waals surface area (Å²) in [5.41, 5.74) is 8.00. The van der Waals surface area contributed by atoms with E-state index in [1.165, 1.54) is 33.4 Å². The first kappa shape index (κ1) is 22.1. The summed E-state index contributed by atoms with van der Waals surface area (Å²) in [5, 5.41) is 0. The summed E-state index contributed by atoms with van der Waals surface area (Å²) < 4.78 is 0. The number of hydrogen-bond donors (Lipinski definition) is 0. The average molecular weight is 383 g/mol. The molecule has 0 saturated heterocycles. The minimum absolute atomic E-state index is 0. The average Bonchev–Trinajstić information content (AvgIpc) is 2.81. The summed E-state index contributed by atoms with van der Waals surface area (Å²) in [7, 11) is 0. The molecule has 0 amide bonds. The summed E-state index contributed by atoms with van der Waals surface area (Å²) in [6.45, 7) is 4.37. The summed E-state index contributed by atoms with van der Waals surface area (Å²) in [5.74, 6) is 0. The van der Waals surface area contributed by atoms with Crippen LogP contribution in [0.5, 0.6) is 0 Å². The van der Waals surface area contributed by atoms with E-state index in [1.54, 1.807) is 0 Å². The van der Waals surface area contributed by atoms with Crippen LogP contribution in [0.3, 0.4) is 0 Å². The Labute approximate surface area is 175 Å². The second kappa shape index (κ2) is 11.6. The molecule has 0 spiro atoms. The van der Waals surface area contributed by atoms with Gasteiger partial charge in [0.05, 0.1) is 0 Å². The topological polar surface area (TPSA) is 31.5 Å². The molecule has 1 heteroatoms. The largest absolute Gasteiger partial charge is 0.412 e. The molecule has 4 aromatic rings. The van der Waals surface area contributed by atoms with Crippen molar-refractivity contribution in [2.45, 2.75) is 26.7 Å². The first-order valence-corrected chi connectivity index (χ1v) is 10.1. The highest BCUT2D eigenvalue weighted by molar-refractivity contribution is 5.64. The molecular formula is C28H30O. The summed E-state index contributed by atoms with van der Waals surface area (Å²) in [6, 6.07) is 38.4. The lowest BCUT2D eigenvalue weighted by Crippen LogP contribution is -1.81. The zero-order valence-electron chi connectivity index (χ0n) is 17.3. The van der Waals surface area contributed by atoms with Gasteiger partial charge < -0.3 is 5.48 Å². The molecule has 1 nitrogen and oxygen atoms in total. The van der Waals surface area contributed by atoms with Gasteiger partial charge in [-0.3, -0.25) is 0 Å². The van der Waals surface area contributed by atoms with Crippen LogP contribution in [0, 0.1) is 0 Å². The second-order valence-corrected chi connectivity index (χ2v) is 6.84. The first-order chi connectivity index (χ1) is 13.8. The van der Waals surface area contributed by atoms with Gasteiger partial charge in [-0.1, -0.05) is 123 Å². The van der Waals surface area contributed by atoms with Crippen molar-refractivity contribution in [3.63, 3.8) is 0 Å². The Hall–Kier alpha value is -3.16. The van der Waals surface area contributed by atoms with Gasteiger partial charge in [-0.15, -0.1) is 0 Å². The Morgan fingerprint density at radius 3 is 1.10 bits per heavy atom. The highest BCUT2D eigenvalue weighted by atomic mass is 16.0. The van der Waals surface area contributed by atoms with Gasteiger partial charge in [-0.05, 0) is 46.2 Å². The molecule has 4 rings (SSSR count). The molecule has 29 heavy (non-hydrogen) atoms. The molecule has 0 unspecified atom stereocenters. The molecular weight excluding hydrogens is 352 g/mol. The first-order valence-electron chi connectivity index (χ1n) is 10.1. The Morgan fingerprint density at radius 1 is 0.414 bits per heavy atom. The molecule has 0 atom stereocenters. The highest BCUT2D eigenvalue weighted by Gasteiger charge is 1.97. The lowest BCUT2D eigenvalue weighted by molar-refractivity contribution is 0.824. The number of aryl methyl sites for hydroxylation is 2. The van der Waals surface area contributed by atoms with E-state index in [4.69, 9.17) is 0 Å². The molecule has 0 aliphatic carbocycles. The monoisotopic (exact) mass is 382 g/mol. The van der Waals surface area contributed by atoms with Crippen LogP contribution in [-0.4, -0.2) is 5.48 Å². The quantitative estimate of drug-likeness (QED) is 0.364. The lowest BCUT2D eigenvalue weighted by Gasteiger charge is -2.03. The van der Waals surface area contributed by atoms with E-state index in [0.29, 0.717) is 0 Å². The maximum Gasteiger partial charge on any atom is -0.0181 e. The third-order valence-corrected chi connectivity index (χ3v) is 4.88. The van der Waals surface area contributed by atoms with Crippen molar-refractivity contribution in [2.75, 3.05) is 0 Å². The Morgan fingerprint density at radius 2 is 0.759 bits per heavy atom. The fourth-order valence-corrected chi connectivity index (χ4v) is 3.20.